The molecule has 0 bridgehead atoms. The molecule has 116 valence electrons. The molecule has 0 aromatic heterocycles. The predicted molar refractivity (Wildman–Crippen MR) is 85.6 cm³/mol. The Morgan fingerprint density at radius 3 is 2.50 bits per heavy atom. The molecule has 0 amide bonds. The topological polar surface area (TPSA) is 17.1 Å². The van der Waals surface area contributed by atoms with Crippen molar-refractivity contribution in [2.24, 2.45) is 29.6 Å². The molecule has 0 radical (unpaired) electrons. The molecule has 0 aromatic carbocycles. The first kappa shape index (κ1) is 16.0. The normalized spacial score (nSPS) is 38.6. The second-order valence-corrected chi connectivity index (χ2v) is 7.87. The van der Waals surface area contributed by atoms with E-state index in [0.29, 0.717) is 5.92 Å². The van der Waals surface area contributed by atoms with Crippen LogP contribution in [0.2, 0.25) is 0 Å². The van der Waals surface area contributed by atoms with E-state index in [-0.39, 0.29) is 0 Å². The smallest absolute Gasteiger partial charge is 0.123 e. The van der Waals surface area contributed by atoms with Crippen LogP contribution in [0, 0.1) is 29.6 Å². The predicted octanol–water partition coefficient (Wildman–Crippen LogP) is 5.62. The third-order valence-electron chi connectivity index (χ3n) is 6.06. The molecule has 20 heavy (non-hydrogen) atoms. The van der Waals surface area contributed by atoms with Crippen LogP contribution in [0.15, 0.2) is 0 Å². The summed E-state index contributed by atoms with van der Waals surface area (Å²) < 4.78 is 0. The summed E-state index contributed by atoms with van der Waals surface area (Å²) >= 11 is 0. The van der Waals surface area contributed by atoms with Gasteiger partial charge in [0, 0.05) is 5.92 Å². The molecule has 1 heteroatoms. The van der Waals surface area contributed by atoms with Crippen molar-refractivity contribution >= 4 is 6.29 Å². The Labute approximate surface area is 125 Å². The average molecular weight is 278 g/mol. The molecule has 1 nitrogen and oxygen atoms in total. The second kappa shape index (κ2) is 8.20. The summed E-state index contributed by atoms with van der Waals surface area (Å²) in [6.45, 7) is 4.88. The van der Waals surface area contributed by atoms with Gasteiger partial charge in [-0.3, -0.25) is 0 Å². The largest absolute Gasteiger partial charge is 0.303 e. The lowest BCUT2D eigenvalue weighted by Crippen LogP contribution is -2.21. The van der Waals surface area contributed by atoms with Gasteiger partial charge in [0.25, 0.3) is 0 Å². The molecule has 0 saturated heterocycles. The van der Waals surface area contributed by atoms with Gasteiger partial charge in [-0.1, -0.05) is 58.8 Å². The Morgan fingerprint density at radius 2 is 1.75 bits per heavy atom. The number of carbonyl (C=O) groups is 1. The summed E-state index contributed by atoms with van der Waals surface area (Å²) in [4.78, 5) is 10.9. The van der Waals surface area contributed by atoms with Crippen molar-refractivity contribution in [1.29, 1.82) is 0 Å². The highest BCUT2D eigenvalue weighted by atomic mass is 16.1. The zero-order valence-electron chi connectivity index (χ0n) is 13.7. The third-order valence-corrected chi connectivity index (χ3v) is 6.06. The van der Waals surface area contributed by atoms with Crippen LogP contribution in [0.4, 0.5) is 0 Å². The summed E-state index contributed by atoms with van der Waals surface area (Å²) in [5.74, 6) is 4.15. The van der Waals surface area contributed by atoms with Crippen LogP contribution in [-0.4, -0.2) is 6.29 Å². The van der Waals surface area contributed by atoms with Crippen molar-refractivity contribution < 1.29 is 4.79 Å². The van der Waals surface area contributed by atoms with Crippen LogP contribution in [-0.2, 0) is 4.79 Å². The van der Waals surface area contributed by atoms with Crippen LogP contribution in [0.3, 0.4) is 0 Å². The van der Waals surface area contributed by atoms with Gasteiger partial charge in [0.2, 0.25) is 0 Å². The van der Waals surface area contributed by atoms with E-state index < -0.39 is 0 Å². The van der Waals surface area contributed by atoms with Crippen molar-refractivity contribution in [3.05, 3.63) is 0 Å². The van der Waals surface area contributed by atoms with E-state index in [9.17, 15) is 4.79 Å². The zero-order valence-corrected chi connectivity index (χ0v) is 13.7. The first-order valence-electron chi connectivity index (χ1n) is 9.14. The minimum absolute atomic E-state index is 0.383. The maximum atomic E-state index is 10.9. The van der Waals surface area contributed by atoms with E-state index in [1.165, 1.54) is 70.5 Å². The minimum Gasteiger partial charge on any atom is -0.303 e. The molecular formula is C19H34O. The fourth-order valence-electron chi connectivity index (χ4n) is 4.71. The third kappa shape index (κ3) is 4.90. The van der Waals surface area contributed by atoms with E-state index in [1.54, 1.807) is 0 Å². The molecule has 0 N–H and O–H groups in total. The quantitative estimate of drug-likeness (QED) is 0.455. The van der Waals surface area contributed by atoms with Gasteiger partial charge in [-0.25, -0.2) is 0 Å². The van der Waals surface area contributed by atoms with E-state index >= 15 is 0 Å². The molecule has 2 saturated carbocycles. The molecule has 0 aromatic rings. The number of unbranched alkanes of at least 4 members (excludes halogenated alkanes) is 1. The van der Waals surface area contributed by atoms with Crippen molar-refractivity contribution in [2.45, 2.75) is 84.5 Å². The van der Waals surface area contributed by atoms with Gasteiger partial charge in [-0.2, -0.15) is 0 Å². The number of carbonyl (C=O) groups excluding carboxylic acids is 1. The van der Waals surface area contributed by atoms with Crippen molar-refractivity contribution in [3.63, 3.8) is 0 Å². The lowest BCUT2D eigenvalue weighted by molar-refractivity contribution is -0.112. The molecule has 2 rings (SSSR count). The molecule has 2 fully saturated rings. The molecule has 2 aliphatic carbocycles. The molecular weight excluding hydrogens is 244 g/mol. The maximum Gasteiger partial charge on any atom is 0.123 e. The number of hydrogen-bond donors (Lipinski definition) is 0. The molecule has 0 heterocycles. The molecule has 2 aliphatic rings. The van der Waals surface area contributed by atoms with Crippen LogP contribution >= 0.6 is 0 Å². The molecule has 5 unspecified atom stereocenters. The van der Waals surface area contributed by atoms with Gasteiger partial charge < -0.3 is 4.79 Å². The van der Waals surface area contributed by atoms with E-state index in [1.807, 2.05) is 0 Å². The first-order valence-corrected chi connectivity index (χ1v) is 9.14. The monoisotopic (exact) mass is 278 g/mol. The highest BCUT2D eigenvalue weighted by Crippen LogP contribution is 2.37. The summed E-state index contributed by atoms with van der Waals surface area (Å²) in [6.07, 6.45) is 16.2. The van der Waals surface area contributed by atoms with Crippen LogP contribution in [0.5, 0.6) is 0 Å². The SMILES string of the molecule is CC1CCC(CCCCC2CCCC(C=O)C2)C(C)C1. The Balaban J connectivity index is 1.58. The average Bonchev–Trinajstić information content (AvgIpc) is 2.45. The van der Waals surface area contributed by atoms with Gasteiger partial charge in [-0.05, 0) is 49.4 Å². The van der Waals surface area contributed by atoms with Gasteiger partial charge >= 0.3 is 0 Å². The Morgan fingerprint density at radius 1 is 0.950 bits per heavy atom. The summed E-state index contributed by atoms with van der Waals surface area (Å²) in [6, 6.07) is 0. The fourth-order valence-corrected chi connectivity index (χ4v) is 4.71. The minimum atomic E-state index is 0.383. The van der Waals surface area contributed by atoms with Gasteiger partial charge in [0.1, 0.15) is 6.29 Å². The molecule has 0 spiro atoms. The lowest BCUT2D eigenvalue weighted by Gasteiger charge is -2.33. The number of aldehydes is 1. The summed E-state index contributed by atoms with van der Waals surface area (Å²) in [5.41, 5.74) is 0. The van der Waals surface area contributed by atoms with Crippen LogP contribution in [0.25, 0.3) is 0 Å². The van der Waals surface area contributed by atoms with Crippen LogP contribution < -0.4 is 0 Å². The van der Waals surface area contributed by atoms with E-state index in [2.05, 4.69) is 13.8 Å². The van der Waals surface area contributed by atoms with Gasteiger partial charge in [0.15, 0.2) is 0 Å². The highest BCUT2D eigenvalue weighted by molar-refractivity contribution is 5.53. The summed E-state index contributed by atoms with van der Waals surface area (Å²) in [7, 11) is 0. The first-order chi connectivity index (χ1) is 9.69. The van der Waals surface area contributed by atoms with Crippen molar-refractivity contribution in [3.8, 4) is 0 Å². The molecule has 5 atom stereocenters. The lowest BCUT2D eigenvalue weighted by atomic mass is 9.73. The van der Waals surface area contributed by atoms with Crippen molar-refractivity contribution in [1.82, 2.24) is 0 Å². The summed E-state index contributed by atoms with van der Waals surface area (Å²) in [5, 5.41) is 0. The fraction of sp³-hybridized carbons (Fsp3) is 0.947. The van der Waals surface area contributed by atoms with E-state index in [0.717, 1.165) is 30.1 Å². The standard InChI is InChI=1S/C19H34O/c1-15-10-11-19(16(2)12-15)9-4-3-6-17-7-5-8-18(13-17)14-20/h14-19H,3-13H2,1-2H3. The van der Waals surface area contributed by atoms with E-state index in [4.69, 9.17) is 0 Å². The van der Waals surface area contributed by atoms with Gasteiger partial charge in [-0.15, -0.1) is 0 Å². The highest BCUT2D eigenvalue weighted by Gasteiger charge is 2.25. The van der Waals surface area contributed by atoms with Crippen molar-refractivity contribution in [2.75, 3.05) is 0 Å². The number of rotatable bonds is 6. The molecule has 0 aliphatic heterocycles. The Bertz CT molecular complexity index is 285. The zero-order chi connectivity index (χ0) is 14.4. The Kier molecular flexibility index (Phi) is 6.58. The number of hydrogen-bond acceptors (Lipinski definition) is 1. The maximum absolute atomic E-state index is 10.9. The van der Waals surface area contributed by atoms with Crippen LogP contribution in [0.1, 0.15) is 84.5 Å². The Hall–Kier alpha value is -0.330. The van der Waals surface area contributed by atoms with Gasteiger partial charge in [0.05, 0.1) is 0 Å². The second-order valence-electron chi connectivity index (χ2n) is 7.87.